The molecule has 0 aromatic heterocycles. The van der Waals surface area contributed by atoms with Gasteiger partial charge in [0, 0.05) is 0 Å². The van der Waals surface area contributed by atoms with Gasteiger partial charge in [-0.05, 0) is 19.3 Å². The Morgan fingerprint density at radius 1 is 1.20 bits per heavy atom. The van der Waals surface area contributed by atoms with E-state index in [2.05, 4.69) is 11.2 Å². The van der Waals surface area contributed by atoms with Crippen LogP contribution in [0.4, 0.5) is 0 Å². The van der Waals surface area contributed by atoms with Crippen molar-refractivity contribution in [3.8, 4) is 6.07 Å². The van der Waals surface area contributed by atoms with Gasteiger partial charge in [0.25, 0.3) is 0 Å². The second kappa shape index (κ2) is 7.28. The normalized spacial score (nSPS) is 26.9. The van der Waals surface area contributed by atoms with Gasteiger partial charge in [-0.3, -0.25) is 0 Å². The van der Waals surface area contributed by atoms with Crippen LogP contribution in [-0.4, -0.2) is 12.8 Å². The molecule has 3 heteroatoms. The van der Waals surface area contributed by atoms with Crippen LogP contribution in [0, 0.1) is 17.2 Å². The maximum atomic E-state index is 9.08. The molecule has 1 atom stereocenters. The highest BCUT2D eigenvalue weighted by molar-refractivity contribution is 5.88. The molecule has 1 rings (SSSR count). The van der Waals surface area contributed by atoms with E-state index < -0.39 is 0 Å². The first-order valence-electron chi connectivity index (χ1n) is 5.88. The summed E-state index contributed by atoms with van der Waals surface area (Å²) in [5, 5.41) is 13.1. The van der Waals surface area contributed by atoms with E-state index in [9.17, 15) is 0 Å². The fourth-order valence-electron chi connectivity index (χ4n) is 2.07. The molecule has 0 bridgehead atoms. The van der Waals surface area contributed by atoms with E-state index in [1.165, 1.54) is 25.7 Å². The SMILES string of the molecule is CO/N=C1/CCCCCCCCC1C#N. The number of rotatable bonds is 1. The van der Waals surface area contributed by atoms with Crippen molar-refractivity contribution >= 4 is 5.71 Å². The van der Waals surface area contributed by atoms with Crippen LogP contribution < -0.4 is 0 Å². The van der Waals surface area contributed by atoms with Gasteiger partial charge < -0.3 is 4.84 Å². The second-order valence-corrected chi connectivity index (χ2v) is 4.11. The van der Waals surface area contributed by atoms with Crippen LogP contribution in [0.25, 0.3) is 0 Å². The van der Waals surface area contributed by atoms with Crippen molar-refractivity contribution in [2.24, 2.45) is 11.1 Å². The Hall–Kier alpha value is -1.04. The van der Waals surface area contributed by atoms with Crippen LogP contribution in [0.15, 0.2) is 5.16 Å². The van der Waals surface area contributed by atoms with Crippen LogP contribution in [-0.2, 0) is 4.84 Å². The van der Waals surface area contributed by atoms with Gasteiger partial charge in [-0.15, -0.1) is 0 Å². The predicted molar refractivity (Wildman–Crippen MR) is 60.5 cm³/mol. The number of hydrogen-bond acceptors (Lipinski definition) is 3. The van der Waals surface area contributed by atoms with Crippen LogP contribution in [0.1, 0.15) is 51.4 Å². The predicted octanol–water partition coefficient (Wildman–Crippen LogP) is 3.26. The molecule has 0 saturated heterocycles. The minimum absolute atomic E-state index is 0.0250. The first-order chi connectivity index (χ1) is 7.38. The van der Waals surface area contributed by atoms with Crippen LogP contribution in [0.3, 0.4) is 0 Å². The molecule has 0 radical (unpaired) electrons. The molecule has 0 heterocycles. The Bertz CT molecular complexity index is 242. The summed E-state index contributed by atoms with van der Waals surface area (Å²) >= 11 is 0. The average Bonchev–Trinajstić information content (AvgIpc) is 2.27. The molecule has 0 aromatic carbocycles. The molecule has 84 valence electrons. The van der Waals surface area contributed by atoms with E-state index in [1.54, 1.807) is 7.11 Å². The largest absolute Gasteiger partial charge is 0.399 e. The van der Waals surface area contributed by atoms with Crippen molar-refractivity contribution in [1.29, 1.82) is 5.26 Å². The molecule has 1 fully saturated rings. The van der Waals surface area contributed by atoms with E-state index in [0.29, 0.717) is 0 Å². The van der Waals surface area contributed by atoms with Gasteiger partial charge in [0.2, 0.25) is 0 Å². The number of hydrogen-bond donors (Lipinski definition) is 0. The molecule has 1 unspecified atom stereocenters. The first-order valence-corrected chi connectivity index (χ1v) is 5.88. The van der Waals surface area contributed by atoms with Gasteiger partial charge in [-0.1, -0.05) is 37.3 Å². The van der Waals surface area contributed by atoms with Gasteiger partial charge in [0.1, 0.15) is 7.11 Å². The number of nitriles is 1. The van der Waals surface area contributed by atoms with E-state index in [4.69, 9.17) is 10.1 Å². The number of oxime groups is 1. The van der Waals surface area contributed by atoms with Gasteiger partial charge in [0.05, 0.1) is 17.7 Å². The second-order valence-electron chi connectivity index (χ2n) is 4.11. The quantitative estimate of drug-likeness (QED) is 0.621. The average molecular weight is 208 g/mol. The molecule has 0 aromatic rings. The Morgan fingerprint density at radius 2 is 1.87 bits per heavy atom. The fraction of sp³-hybridized carbons (Fsp3) is 0.833. The summed E-state index contributed by atoms with van der Waals surface area (Å²) in [5.41, 5.74) is 0.946. The molecule has 0 spiro atoms. The third-order valence-electron chi connectivity index (χ3n) is 2.94. The minimum Gasteiger partial charge on any atom is -0.399 e. The van der Waals surface area contributed by atoms with Gasteiger partial charge in [-0.25, -0.2) is 0 Å². The Morgan fingerprint density at radius 3 is 2.53 bits per heavy atom. The van der Waals surface area contributed by atoms with E-state index in [0.717, 1.165) is 31.4 Å². The van der Waals surface area contributed by atoms with Gasteiger partial charge >= 0.3 is 0 Å². The highest BCUT2D eigenvalue weighted by atomic mass is 16.6. The summed E-state index contributed by atoms with van der Waals surface area (Å²) < 4.78 is 0. The van der Waals surface area contributed by atoms with Gasteiger partial charge in [0.15, 0.2) is 0 Å². The Balaban J connectivity index is 2.59. The highest BCUT2D eigenvalue weighted by Gasteiger charge is 2.16. The zero-order valence-corrected chi connectivity index (χ0v) is 9.54. The molecule has 0 amide bonds. The van der Waals surface area contributed by atoms with Crippen molar-refractivity contribution in [1.82, 2.24) is 0 Å². The van der Waals surface area contributed by atoms with Crippen molar-refractivity contribution in [3.63, 3.8) is 0 Å². The van der Waals surface area contributed by atoms with Gasteiger partial charge in [-0.2, -0.15) is 5.26 Å². The molecule has 0 N–H and O–H groups in total. The van der Waals surface area contributed by atoms with Crippen LogP contribution in [0.2, 0.25) is 0 Å². The summed E-state index contributed by atoms with van der Waals surface area (Å²) in [4.78, 5) is 4.82. The van der Waals surface area contributed by atoms with E-state index >= 15 is 0 Å². The highest BCUT2D eigenvalue weighted by Crippen LogP contribution is 2.19. The molecule has 1 aliphatic carbocycles. The summed E-state index contributed by atoms with van der Waals surface area (Å²) in [6.45, 7) is 0. The maximum absolute atomic E-state index is 9.08. The molecule has 0 aliphatic heterocycles. The summed E-state index contributed by atoms with van der Waals surface area (Å²) in [5.74, 6) is -0.0250. The van der Waals surface area contributed by atoms with Crippen molar-refractivity contribution < 1.29 is 4.84 Å². The van der Waals surface area contributed by atoms with E-state index in [-0.39, 0.29) is 5.92 Å². The van der Waals surface area contributed by atoms with Crippen LogP contribution in [0.5, 0.6) is 0 Å². The standard InChI is InChI=1S/C12H20N2O/c1-15-14-12-9-7-5-3-2-4-6-8-11(12)10-13/h11H,2-9H2,1H3/b14-12-. The summed E-state index contributed by atoms with van der Waals surface area (Å²) in [6.07, 6.45) is 9.28. The first kappa shape index (κ1) is 12.0. The molecule has 3 nitrogen and oxygen atoms in total. The fourth-order valence-corrected chi connectivity index (χ4v) is 2.07. The van der Waals surface area contributed by atoms with Crippen molar-refractivity contribution in [2.45, 2.75) is 51.4 Å². The summed E-state index contributed by atoms with van der Waals surface area (Å²) in [7, 11) is 1.56. The third-order valence-corrected chi connectivity index (χ3v) is 2.94. The third kappa shape index (κ3) is 4.33. The lowest BCUT2D eigenvalue weighted by Gasteiger charge is -2.13. The smallest absolute Gasteiger partial charge is 0.106 e. The molecular weight excluding hydrogens is 188 g/mol. The lowest BCUT2D eigenvalue weighted by atomic mass is 9.91. The molecule has 1 aliphatic rings. The molecular formula is C12H20N2O. The van der Waals surface area contributed by atoms with Crippen molar-refractivity contribution in [3.05, 3.63) is 0 Å². The molecule has 1 saturated carbocycles. The lowest BCUT2D eigenvalue weighted by molar-refractivity contribution is 0.210. The lowest BCUT2D eigenvalue weighted by Crippen LogP contribution is -2.14. The summed E-state index contributed by atoms with van der Waals surface area (Å²) in [6, 6.07) is 2.34. The van der Waals surface area contributed by atoms with Crippen LogP contribution >= 0.6 is 0 Å². The monoisotopic (exact) mass is 208 g/mol. The van der Waals surface area contributed by atoms with E-state index in [1.807, 2.05) is 0 Å². The topological polar surface area (TPSA) is 45.4 Å². The maximum Gasteiger partial charge on any atom is 0.106 e. The Labute approximate surface area is 92.1 Å². The zero-order chi connectivity index (χ0) is 10.9. The van der Waals surface area contributed by atoms with Crippen molar-refractivity contribution in [2.75, 3.05) is 7.11 Å². The number of nitrogens with zero attached hydrogens (tertiary/aromatic N) is 2. The Kier molecular flexibility index (Phi) is 5.84. The minimum atomic E-state index is -0.0250. The molecule has 15 heavy (non-hydrogen) atoms. The zero-order valence-electron chi connectivity index (χ0n) is 9.54.